The van der Waals surface area contributed by atoms with E-state index in [2.05, 4.69) is 15.9 Å². The maximum absolute atomic E-state index is 12.1. The van der Waals surface area contributed by atoms with Crippen LogP contribution in [0.2, 0.25) is 5.02 Å². The van der Waals surface area contributed by atoms with Gasteiger partial charge in [-0.15, -0.1) is 0 Å². The molecular formula is C21H16BrClO2. The van der Waals surface area contributed by atoms with Crippen LogP contribution >= 0.6 is 27.5 Å². The average molecular weight is 416 g/mol. The van der Waals surface area contributed by atoms with Crippen LogP contribution in [0, 0.1) is 0 Å². The highest BCUT2D eigenvalue weighted by molar-refractivity contribution is 9.10. The first kappa shape index (κ1) is 17.7. The molecule has 0 fully saturated rings. The van der Waals surface area contributed by atoms with E-state index in [0.29, 0.717) is 23.6 Å². The van der Waals surface area contributed by atoms with Gasteiger partial charge in [0.2, 0.25) is 0 Å². The summed E-state index contributed by atoms with van der Waals surface area (Å²) in [7, 11) is 0. The maximum Gasteiger partial charge on any atom is 0.311 e. The Balaban J connectivity index is 1.63. The summed E-state index contributed by atoms with van der Waals surface area (Å²) in [5.41, 5.74) is 3.19. The highest BCUT2D eigenvalue weighted by Crippen LogP contribution is 2.31. The van der Waals surface area contributed by atoms with Crippen LogP contribution in [0.1, 0.15) is 12.0 Å². The van der Waals surface area contributed by atoms with Crippen LogP contribution < -0.4 is 4.74 Å². The molecule has 0 heterocycles. The molecule has 0 amide bonds. The molecule has 4 heteroatoms. The van der Waals surface area contributed by atoms with Crippen molar-refractivity contribution in [1.82, 2.24) is 0 Å². The molecule has 3 aromatic carbocycles. The summed E-state index contributed by atoms with van der Waals surface area (Å²) in [5, 5.41) is 0.671. The summed E-state index contributed by atoms with van der Waals surface area (Å²) in [6.45, 7) is 0. The quantitative estimate of drug-likeness (QED) is 0.360. The minimum absolute atomic E-state index is 0.270. The summed E-state index contributed by atoms with van der Waals surface area (Å²) in [4.78, 5) is 12.1. The molecule has 0 unspecified atom stereocenters. The molecule has 0 radical (unpaired) electrons. The highest BCUT2D eigenvalue weighted by atomic mass is 79.9. The molecule has 2 nitrogen and oxygen atoms in total. The molecule has 0 bridgehead atoms. The van der Waals surface area contributed by atoms with Gasteiger partial charge in [-0.25, -0.2) is 0 Å². The Bertz CT molecular complexity index is 878. The van der Waals surface area contributed by atoms with Gasteiger partial charge < -0.3 is 4.74 Å². The molecular weight excluding hydrogens is 400 g/mol. The van der Waals surface area contributed by atoms with Crippen molar-refractivity contribution in [3.63, 3.8) is 0 Å². The lowest BCUT2D eigenvalue weighted by molar-refractivity contribution is -0.134. The Morgan fingerprint density at radius 2 is 1.72 bits per heavy atom. The largest absolute Gasteiger partial charge is 0.425 e. The fourth-order valence-corrected chi connectivity index (χ4v) is 3.18. The number of rotatable bonds is 5. The molecule has 25 heavy (non-hydrogen) atoms. The number of aryl methyl sites for hydroxylation is 1. The van der Waals surface area contributed by atoms with E-state index in [1.807, 2.05) is 72.8 Å². The molecule has 0 saturated heterocycles. The Hall–Kier alpha value is -2.10. The fraction of sp³-hybridized carbons (Fsp3) is 0.0952. The third-order valence-corrected chi connectivity index (χ3v) is 4.62. The molecule has 0 aliphatic heterocycles. The van der Waals surface area contributed by atoms with Crippen molar-refractivity contribution in [2.75, 3.05) is 0 Å². The molecule has 0 aliphatic carbocycles. The van der Waals surface area contributed by atoms with Crippen molar-refractivity contribution < 1.29 is 9.53 Å². The zero-order valence-corrected chi connectivity index (χ0v) is 15.8. The number of esters is 1. The first-order valence-corrected chi connectivity index (χ1v) is 9.09. The fourth-order valence-electron chi connectivity index (χ4n) is 2.51. The van der Waals surface area contributed by atoms with Gasteiger partial charge in [0.25, 0.3) is 0 Å². The highest BCUT2D eigenvalue weighted by Gasteiger charge is 2.10. The zero-order valence-electron chi connectivity index (χ0n) is 13.4. The number of ether oxygens (including phenoxy) is 1. The molecule has 0 atom stereocenters. The van der Waals surface area contributed by atoms with E-state index < -0.39 is 0 Å². The first-order chi connectivity index (χ1) is 12.1. The Morgan fingerprint density at radius 1 is 0.920 bits per heavy atom. The van der Waals surface area contributed by atoms with Gasteiger partial charge >= 0.3 is 5.97 Å². The van der Waals surface area contributed by atoms with Crippen molar-refractivity contribution in [1.29, 1.82) is 0 Å². The number of hydrogen-bond donors (Lipinski definition) is 0. The van der Waals surface area contributed by atoms with Gasteiger partial charge in [0.15, 0.2) is 0 Å². The predicted molar refractivity (Wildman–Crippen MR) is 105 cm³/mol. The van der Waals surface area contributed by atoms with Crippen LogP contribution in [0.5, 0.6) is 5.75 Å². The summed E-state index contributed by atoms with van der Waals surface area (Å²) in [6.07, 6.45) is 0.895. The van der Waals surface area contributed by atoms with E-state index in [0.717, 1.165) is 21.2 Å². The lowest BCUT2D eigenvalue weighted by Gasteiger charge is -2.09. The van der Waals surface area contributed by atoms with Crippen LogP contribution in [-0.2, 0) is 11.2 Å². The number of carbonyl (C=O) groups excluding carboxylic acids is 1. The van der Waals surface area contributed by atoms with E-state index in [9.17, 15) is 4.79 Å². The lowest BCUT2D eigenvalue weighted by atomic mass is 10.1. The van der Waals surface area contributed by atoms with Crippen molar-refractivity contribution >= 4 is 33.5 Å². The van der Waals surface area contributed by atoms with Gasteiger partial charge in [-0.1, -0.05) is 60.1 Å². The summed E-state index contributed by atoms with van der Waals surface area (Å²) >= 11 is 9.44. The molecule has 0 aromatic heterocycles. The average Bonchev–Trinajstić information content (AvgIpc) is 2.62. The first-order valence-electron chi connectivity index (χ1n) is 7.92. The Labute approximate surface area is 160 Å². The van der Waals surface area contributed by atoms with Crippen LogP contribution in [0.4, 0.5) is 0 Å². The van der Waals surface area contributed by atoms with Crippen LogP contribution in [-0.4, -0.2) is 5.97 Å². The van der Waals surface area contributed by atoms with Crippen molar-refractivity contribution in [3.8, 4) is 16.9 Å². The van der Waals surface area contributed by atoms with Crippen LogP contribution in [0.25, 0.3) is 11.1 Å². The van der Waals surface area contributed by atoms with E-state index >= 15 is 0 Å². The summed E-state index contributed by atoms with van der Waals surface area (Å²) < 4.78 is 6.22. The lowest BCUT2D eigenvalue weighted by Crippen LogP contribution is -2.09. The maximum atomic E-state index is 12.1. The van der Waals surface area contributed by atoms with Gasteiger partial charge in [-0.2, -0.15) is 0 Å². The number of halogens is 2. The van der Waals surface area contributed by atoms with E-state index in [1.54, 1.807) is 0 Å². The van der Waals surface area contributed by atoms with Gasteiger partial charge in [0.05, 0.1) is 4.47 Å². The normalized spacial score (nSPS) is 10.5. The Kier molecular flexibility index (Phi) is 5.90. The molecule has 0 saturated carbocycles. The molecule has 0 aliphatic rings. The monoisotopic (exact) mass is 414 g/mol. The van der Waals surface area contributed by atoms with Crippen LogP contribution in [0.3, 0.4) is 0 Å². The van der Waals surface area contributed by atoms with Crippen molar-refractivity contribution in [3.05, 3.63) is 87.9 Å². The van der Waals surface area contributed by atoms with Gasteiger partial charge in [-0.05, 0) is 63.3 Å². The summed E-state index contributed by atoms with van der Waals surface area (Å²) in [5.74, 6) is 0.254. The van der Waals surface area contributed by atoms with E-state index in [1.165, 1.54) is 0 Å². The zero-order chi connectivity index (χ0) is 17.6. The van der Waals surface area contributed by atoms with E-state index in [-0.39, 0.29) is 5.97 Å². The SMILES string of the molecule is O=C(CCc1cccc(Cl)c1)Oc1ccc(-c2ccccc2)cc1Br. The number of hydrogen-bond acceptors (Lipinski definition) is 2. The third-order valence-electron chi connectivity index (χ3n) is 3.77. The standard InChI is InChI=1S/C21H16BrClO2/c22-19-14-17(16-6-2-1-3-7-16)10-11-20(19)25-21(24)12-9-15-5-4-8-18(23)13-15/h1-8,10-11,13-14H,9,12H2. The van der Waals surface area contributed by atoms with Gasteiger partial charge in [-0.3, -0.25) is 4.79 Å². The number of carbonyl (C=O) groups is 1. The minimum Gasteiger partial charge on any atom is -0.425 e. The minimum atomic E-state index is -0.270. The second kappa shape index (κ2) is 8.32. The third kappa shape index (κ3) is 4.94. The molecule has 0 spiro atoms. The van der Waals surface area contributed by atoms with Crippen LogP contribution in [0.15, 0.2) is 77.3 Å². The topological polar surface area (TPSA) is 26.3 Å². The Morgan fingerprint density at radius 3 is 2.44 bits per heavy atom. The second-order valence-corrected chi connectivity index (χ2v) is 6.91. The molecule has 0 N–H and O–H groups in total. The summed E-state index contributed by atoms with van der Waals surface area (Å²) in [6, 6.07) is 23.3. The van der Waals surface area contributed by atoms with Gasteiger partial charge in [0.1, 0.15) is 5.75 Å². The smallest absolute Gasteiger partial charge is 0.311 e. The van der Waals surface area contributed by atoms with Crippen molar-refractivity contribution in [2.24, 2.45) is 0 Å². The van der Waals surface area contributed by atoms with Crippen molar-refractivity contribution in [2.45, 2.75) is 12.8 Å². The predicted octanol–water partition coefficient (Wildman–Crippen LogP) is 6.31. The van der Waals surface area contributed by atoms with Gasteiger partial charge in [0, 0.05) is 11.4 Å². The molecule has 3 rings (SSSR count). The van der Waals surface area contributed by atoms with E-state index in [4.69, 9.17) is 16.3 Å². The number of benzene rings is 3. The molecule has 3 aromatic rings. The molecule has 126 valence electrons. The second-order valence-electron chi connectivity index (χ2n) is 5.62.